The Morgan fingerprint density at radius 1 is 1.11 bits per heavy atom. The number of fused-ring (bicyclic) bond motifs is 2. The van der Waals surface area contributed by atoms with E-state index in [-0.39, 0.29) is 5.91 Å². The highest BCUT2D eigenvalue weighted by atomic mass is 16.1. The summed E-state index contributed by atoms with van der Waals surface area (Å²) in [6.07, 6.45) is 5.36. The van der Waals surface area contributed by atoms with Crippen molar-refractivity contribution in [3.05, 3.63) is 72.2 Å². The van der Waals surface area contributed by atoms with Crippen LogP contribution in [0.4, 0.5) is 11.5 Å². The van der Waals surface area contributed by atoms with Crippen molar-refractivity contribution in [2.45, 2.75) is 6.54 Å². The normalized spacial score (nSPS) is 14.5. The maximum absolute atomic E-state index is 13.5. The van der Waals surface area contributed by atoms with Gasteiger partial charge in [-0.1, -0.05) is 12.1 Å². The van der Waals surface area contributed by atoms with Crippen molar-refractivity contribution in [1.82, 2.24) is 30.4 Å². The van der Waals surface area contributed by atoms with E-state index in [4.69, 9.17) is 5.73 Å². The largest absolute Gasteiger partial charge is 0.384 e. The number of piperazine rings is 1. The van der Waals surface area contributed by atoms with Crippen molar-refractivity contribution >= 4 is 39.2 Å². The summed E-state index contributed by atoms with van der Waals surface area (Å²) in [6, 6.07) is 13.8. The van der Waals surface area contributed by atoms with Crippen molar-refractivity contribution in [2.24, 2.45) is 0 Å². The van der Waals surface area contributed by atoms with Crippen molar-refractivity contribution < 1.29 is 4.79 Å². The number of nitrogens with zero attached hydrogens (tertiary/aromatic N) is 3. The van der Waals surface area contributed by atoms with Gasteiger partial charge in [0.1, 0.15) is 5.82 Å². The average Bonchev–Trinajstić information content (AvgIpc) is 3.51. The van der Waals surface area contributed by atoms with Gasteiger partial charge >= 0.3 is 0 Å². The van der Waals surface area contributed by atoms with Crippen LogP contribution in [0.5, 0.6) is 0 Å². The van der Waals surface area contributed by atoms with E-state index in [1.54, 1.807) is 12.4 Å². The van der Waals surface area contributed by atoms with Crippen molar-refractivity contribution in [1.29, 1.82) is 0 Å². The lowest BCUT2D eigenvalue weighted by Crippen LogP contribution is -2.42. The first-order valence-electron chi connectivity index (χ1n) is 11.7. The van der Waals surface area contributed by atoms with E-state index in [1.807, 2.05) is 42.6 Å². The zero-order valence-corrected chi connectivity index (χ0v) is 19.1. The third kappa shape index (κ3) is 4.23. The van der Waals surface area contributed by atoms with Crippen LogP contribution in [0.25, 0.3) is 32.9 Å². The smallest absolute Gasteiger partial charge is 0.257 e. The van der Waals surface area contributed by atoms with E-state index < -0.39 is 0 Å². The standard InChI is InChI=1S/C26H26N8O/c27-24-11-20-22(13-29-23(20)14-30-24)17-9-18-12-31-33-25(18)21(10-17)26(35)32-19-3-1-2-16(8-19)15-34-6-4-28-5-7-34/h1-3,8-14,28-29H,4-7,15H2,(H2,27,30)(H,31,33)(H,32,35). The van der Waals surface area contributed by atoms with E-state index >= 15 is 0 Å². The van der Waals surface area contributed by atoms with Gasteiger partial charge in [0.05, 0.1) is 29.0 Å². The molecule has 1 saturated heterocycles. The Hall–Kier alpha value is -4.21. The third-order valence-corrected chi connectivity index (χ3v) is 6.49. The molecule has 3 aromatic heterocycles. The number of nitrogens with two attached hydrogens (primary N) is 1. The first-order valence-corrected chi connectivity index (χ1v) is 11.7. The van der Waals surface area contributed by atoms with Crippen molar-refractivity contribution in [2.75, 3.05) is 37.2 Å². The number of nitrogen functional groups attached to an aromatic ring is 1. The van der Waals surface area contributed by atoms with Crippen LogP contribution >= 0.6 is 0 Å². The molecule has 5 aromatic rings. The first-order chi connectivity index (χ1) is 17.1. The van der Waals surface area contributed by atoms with Gasteiger partial charge in [-0.2, -0.15) is 5.10 Å². The number of pyridine rings is 1. The van der Waals surface area contributed by atoms with Gasteiger partial charge in [-0.15, -0.1) is 0 Å². The van der Waals surface area contributed by atoms with E-state index in [1.165, 1.54) is 5.56 Å². The molecule has 0 spiro atoms. The molecule has 6 rings (SSSR count). The van der Waals surface area contributed by atoms with Gasteiger partial charge in [-0.25, -0.2) is 4.98 Å². The van der Waals surface area contributed by atoms with Crippen LogP contribution in [0.2, 0.25) is 0 Å². The lowest BCUT2D eigenvalue weighted by atomic mass is 9.99. The number of anilines is 2. The van der Waals surface area contributed by atoms with E-state index in [0.29, 0.717) is 16.9 Å². The summed E-state index contributed by atoms with van der Waals surface area (Å²) in [5.74, 6) is 0.253. The minimum atomic E-state index is -0.193. The minimum absolute atomic E-state index is 0.193. The molecular weight excluding hydrogens is 440 g/mol. The number of H-pyrrole nitrogens is 2. The maximum Gasteiger partial charge on any atom is 0.257 e. The number of aromatic nitrogens is 4. The molecule has 176 valence electrons. The monoisotopic (exact) mass is 466 g/mol. The summed E-state index contributed by atoms with van der Waals surface area (Å²) in [6.45, 7) is 4.93. The van der Waals surface area contributed by atoms with E-state index in [2.05, 4.69) is 41.8 Å². The molecule has 0 atom stereocenters. The summed E-state index contributed by atoms with van der Waals surface area (Å²) in [5, 5.41) is 15.4. The second kappa shape index (κ2) is 8.86. The summed E-state index contributed by atoms with van der Waals surface area (Å²) in [5.41, 5.74) is 11.8. The molecule has 9 nitrogen and oxygen atoms in total. The molecule has 4 heterocycles. The topological polar surface area (TPSA) is 128 Å². The quantitative estimate of drug-likeness (QED) is 0.270. The number of amides is 1. The molecule has 2 aromatic carbocycles. The van der Waals surface area contributed by atoms with Gasteiger partial charge < -0.3 is 21.4 Å². The van der Waals surface area contributed by atoms with Crippen LogP contribution in [0.1, 0.15) is 15.9 Å². The zero-order chi connectivity index (χ0) is 23.8. The van der Waals surface area contributed by atoms with Crippen LogP contribution in [0.15, 0.2) is 61.1 Å². The average molecular weight is 467 g/mol. The Bertz CT molecular complexity index is 1530. The number of carbonyl (C=O) groups excluding carboxylic acids is 1. The predicted molar refractivity (Wildman–Crippen MR) is 138 cm³/mol. The lowest BCUT2D eigenvalue weighted by molar-refractivity contribution is 0.102. The number of carbonyl (C=O) groups is 1. The molecule has 0 radical (unpaired) electrons. The molecule has 0 bridgehead atoms. The molecule has 9 heteroatoms. The summed E-state index contributed by atoms with van der Waals surface area (Å²) in [7, 11) is 0. The predicted octanol–water partition coefficient (Wildman–Crippen LogP) is 3.35. The summed E-state index contributed by atoms with van der Waals surface area (Å²) >= 11 is 0. The van der Waals surface area contributed by atoms with Gasteiger partial charge in [0.25, 0.3) is 5.91 Å². The van der Waals surface area contributed by atoms with Crippen molar-refractivity contribution in [3.63, 3.8) is 0 Å². The molecule has 1 amide bonds. The van der Waals surface area contributed by atoms with Crippen molar-refractivity contribution in [3.8, 4) is 11.1 Å². The SMILES string of the molecule is Nc1cc2c(-c3cc(C(=O)Nc4cccc(CN5CCNCC5)c4)c4[nH]ncc4c3)c[nH]c2cn1. The number of hydrogen-bond acceptors (Lipinski definition) is 6. The molecule has 6 N–H and O–H groups in total. The Morgan fingerprint density at radius 3 is 2.89 bits per heavy atom. The molecule has 0 saturated carbocycles. The van der Waals surface area contributed by atoms with Gasteiger partial charge in [0.15, 0.2) is 0 Å². The summed E-state index contributed by atoms with van der Waals surface area (Å²) < 4.78 is 0. The van der Waals surface area contributed by atoms with Gasteiger partial charge in [-0.3, -0.25) is 14.8 Å². The highest BCUT2D eigenvalue weighted by molar-refractivity contribution is 6.13. The molecule has 0 unspecified atom stereocenters. The fourth-order valence-electron chi connectivity index (χ4n) is 4.74. The van der Waals surface area contributed by atoms with Crippen LogP contribution in [0.3, 0.4) is 0 Å². The Morgan fingerprint density at radius 2 is 2.00 bits per heavy atom. The van der Waals surface area contributed by atoms with Crippen LogP contribution in [-0.4, -0.2) is 57.2 Å². The zero-order valence-electron chi connectivity index (χ0n) is 19.1. The molecule has 0 aliphatic carbocycles. The first kappa shape index (κ1) is 21.3. The molecular formula is C26H26N8O. The number of aromatic amines is 2. The fourth-order valence-corrected chi connectivity index (χ4v) is 4.74. The van der Waals surface area contributed by atoms with Crippen LogP contribution in [-0.2, 0) is 6.54 Å². The number of nitrogens with one attached hydrogen (secondary N) is 4. The minimum Gasteiger partial charge on any atom is -0.384 e. The molecule has 1 fully saturated rings. The van der Waals surface area contributed by atoms with Gasteiger partial charge in [-0.05, 0) is 41.5 Å². The van der Waals surface area contributed by atoms with Gasteiger partial charge in [0, 0.05) is 60.9 Å². The maximum atomic E-state index is 13.5. The van der Waals surface area contributed by atoms with E-state index in [9.17, 15) is 4.79 Å². The Balaban J connectivity index is 1.32. The third-order valence-electron chi connectivity index (χ3n) is 6.49. The fraction of sp³-hybridized carbons (Fsp3) is 0.192. The number of rotatable bonds is 5. The lowest BCUT2D eigenvalue weighted by Gasteiger charge is -2.27. The molecule has 35 heavy (non-hydrogen) atoms. The van der Waals surface area contributed by atoms with E-state index in [0.717, 1.165) is 65.8 Å². The Labute approximate surface area is 201 Å². The molecule has 1 aliphatic rings. The highest BCUT2D eigenvalue weighted by Crippen LogP contribution is 2.33. The Kier molecular flexibility index (Phi) is 5.40. The highest BCUT2D eigenvalue weighted by Gasteiger charge is 2.17. The molecule has 1 aliphatic heterocycles. The second-order valence-electron chi connectivity index (χ2n) is 8.90. The van der Waals surface area contributed by atoms with Crippen LogP contribution in [0, 0.1) is 0 Å². The van der Waals surface area contributed by atoms with Crippen LogP contribution < -0.4 is 16.4 Å². The second-order valence-corrected chi connectivity index (χ2v) is 8.90. The number of benzene rings is 2. The summed E-state index contributed by atoms with van der Waals surface area (Å²) in [4.78, 5) is 23.3. The number of hydrogen-bond donors (Lipinski definition) is 5. The van der Waals surface area contributed by atoms with Gasteiger partial charge in [0.2, 0.25) is 0 Å².